The average Bonchev–Trinajstić information content (AvgIpc) is 2.46. The lowest BCUT2D eigenvalue weighted by Crippen LogP contribution is -2.37. The van der Waals surface area contributed by atoms with Crippen molar-refractivity contribution in [2.24, 2.45) is 23.2 Å². The van der Waals surface area contributed by atoms with E-state index in [0.29, 0.717) is 5.41 Å². The van der Waals surface area contributed by atoms with Crippen LogP contribution in [0.5, 0.6) is 0 Å². The Bertz CT molecular complexity index is 404. The first-order valence-electron chi connectivity index (χ1n) is 8.75. The Labute approximate surface area is 131 Å². The van der Waals surface area contributed by atoms with E-state index < -0.39 is 0 Å². The second-order valence-electron chi connectivity index (χ2n) is 7.89. The van der Waals surface area contributed by atoms with Crippen LogP contribution in [0.3, 0.4) is 0 Å². The summed E-state index contributed by atoms with van der Waals surface area (Å²) >= 11 is 0. The van der Waals surface area contributed by atoms with E-state index in [2.05, 4.69) is 63.3 Å². The molecule has 1 saturated carbocycles. The minimum absolute atomic E-state index is 0.456. The van der Waals surface area contributed by atoms with Gasteiger partial charge in [0.2, 0.25) is 0 Å². The van der Waals surface area contributed by atoms with Gasteiger partial charge in [-0.1, -0.05) is 58.0 Å². The van der Waals surface area contributed by atoms with Gasteiger partial charge in [-0.15, -0.1) is 0 Å². The van der Waals surface area contributed by atoms with E-state index in [0.717, 1.165) is 24.3 Å². The molecule has 0 radical (unpaired) electrons. The Morgan fingerprint density at radius 2 is 1.76 bits per heavy atom. The molecule has 3 atom stereocenters. The minimum atomic E-state index is 0.456. The number of rotatable bonds is 5. The van der Waals surface area contributed by atoms with Crippen molar-refractivity contribution in [2.75, 3.05) is 13.1 Å². The monoisotopic (exact) mass is 287 g/mol. The van der Waals surface area contributed by atoms with Crippen molar-refractivity contribution in [3.05, 3.63) is 35.9 Å². The fourth-order valence-electron chi connectivity index (χ4n) is 3.88. The second kappa shape index (κ2) is 7.45. The lowest BCUT2D eigenvalue weighted by atomic mass is 9.64. The Balaban J connectivity index is 2.05. The van der Waals surface area contributed by atoms with Crippen molar-refractivity contribution < 1.29 is 0 Å². The minimum Gasteiger partial charge on any atom is -0.317 e. The van der Waals surface area contributed by atoms with Gasteiger partial charge in [0.25, 0.3) is 0 Å². The van der Waals surface area contributed by atoms with Crippen molar-refractivity contribution in [1.82, 2.24) is 5.32 Å². The maximum absolute atomic E-state index is 3.59. The highest BCUT2D eigenvalue weighted by Gasteiger charge is 2.35. The molecule has 0 amide bonds. The Morgan fingerprint density at radius 1 is 1.05 bits per heavy atom. The van der Waals surface area contributed by atoms with Crippen molar-refractivity contribution in [1.29, 1.82) is 0 Å². The van der Waals surface area contributed by atoms with E-state index >= 15 is 0 Å². The third kappa shape index (κ3) is 4.85. The summed E-state index contributed by atoms with van der Waals surface area (Å²) in [4.78, 5) is 0. The van der Waals surface area contributed by atoms with E-state index in [9.17, 15) is 0 Å². The Hall–Kier alpha value is -0.820. The first-order valence-corrected chi connectivity index (χ1v) is 8.75. The highest BCUT2D eigenvalue weighted by atomic mass is 14.8. The molecule has 0 heterocycles. The van der Waals surface area contributed by atoms with Crippen LogP contribution in [0, 0.1) is 23.2 Å². The zero-order valence-corrected chi connectivity index (χ0v) is 14.4. The maximum Gasteiger partial charge on any atom is -0.00179 e. The number of hydrogen-bond donors (Lipinski definition) is 1. The molecule has 1 aliphatic rings. The van der Waals surface area contributed by atoms with Gasteiger partial charge in [0.1, 0.15) is 0 Å². The quantitative estimate of drug-likeness (QED) is 0.810. The predicted molar refractivity (Wildman–Crippen MR) is 92.5 cm³/mol. The van der Waals surface area contributed by atoms with Crippen LogP contribution >= 0.6 is 0 Å². The highest BCUT2D eigenvalue weighted by molar-refractivity contribution is 5.15. The molecule has 1 aromatic carbocycles. The van der Waals surface area contributed by atoms with Crippen LogP contribution in [-0.2, 0) is 6.42 Å². The summed E-state index contributed by atoms with van der Waals surface area (Å²) in [6.07, 6.45) is 5.45. The largest absolute Gasteiger partial charge is 0.317 e. The molecular formula is C20H33N. The van der Waals surface area contributed by atoms with Gasteiger partial charge < -0.3 is 5.32 Å². The first-order chi connectivity index (χ1) is 10.0. The van der Waals surface area contributed by atoms with Crippen LogP contribution < -0.4 is 5.32 Å². The van der Waals surface area contributed by atoms with Crippen LogP contribution in [0.15, 0.2) is 30.3 Å². The van der Waals surface area contributed by atoms with Crippen LogP contribution in [0.1, 0.15) is 52.5 Å². The molecule has 0 aromatic heterocycles. The molecule has 21 heavy (non-hydrogen) atoms. The Morgan fingerprint density at radius 3 is 2.38 bits per heavy atom. The van der Waals surface area contributed by atoms with E-state index in [-0.39, 0.29) is 0 Å². The van der Waals surface area contributed by atoms with Crippen molar-refractivity contribution in [3.8, 4) is 0 Å². The van der Waals surface area contributed by atoms with E-state index in [1.807, 2.05) is 0 Å². The number of hydrogen-bond acceptors (Lipinski definition) is 1. The van der Waals surface area contributed by atoms with Gasteiger partial charge in [-0.2, -0.15) is 0 Å². The first kappa shape index (κ1) is 16.5. The van der Waals surface area contributed by atoms with Gasteiger partial charge >= 0.3 is 0 Å². The molecule has 1 fully saturated rings. The molecule has 1 aliphatic carbocycles. The van der Waals surface area contributed by atoms with Crippen molar-refractivity contribution >= 4 is 0 Å². The zero-order chi connectivity index (χ0) is 15.3. The van der Waals surface area contributed by atoms with E-state index in [4.69, 9.17) is 0 Å². The van der Waals surface area contributed by atoms with Gasteiger partial charge in [-0.3, -0.25) is 0 Å². The van der Waals surface area contributed by atoms with Gasteiger partial charge in [-0.05, 0) is 67.5 Å². The van der Waals surface area contributed by atoms with Crippen LogP contribution in [0.25, 0.3) is 0 Å². The molecular weight excluding hydrogens is 254 g/mol. The molecule has 1 aromatic rings. The fourth-order valence-corrected chi connectivity index (χ4v) is 3.88. The average molecular weight is 287 g/mol. The molecule has 0 spiro atoms. The van der Waals surface area contributed by atoms with Gasteiger partial charge in [0, 0.05) is 0 Å². The number of benzene rings is 1. The van der Waals surface area contributed by atoms with Crippen LogP contribution in [-0.4, -0.2) is 13.1 Å². The normalized spacial score (nSPS) is 26.8. The third-order valence-electron chi connectivity index (χ3n) is 5.36. The molecule has 0 saturated heterocycles. The van der Waals surface area contributed by atoms with E-state index in [1.54, 1.807) is 0 Å². The maximum atomic E-state index is 3.59. The summed E-state index contributed by atoms with van der Waals surface area (Å²) in [5.74, 6) is 2.57. The summed E-state index contributed by atoms with van der Waals surface area (Å²) < 4.78 is 0. The summed E-state index contributed by atoms with van der Waals surface area (Å²) in [5.41, 5.74) is 1.97. The second-order valence-corrected chi connectivity index (χ2v) is 7.89. The van der Waals surface area contributed by atoms with E-state index in [1.165, 1.54) is 37.8 Å². The zero-order valence-electron chi connectivity index (χ0n) is 14.4. The topological polar surface area (TPSA) is 12.0 Å². The van der Waals surface area contributed by atoms with Crippen molar-refractivity contribution in [3.63, 3.8) is 0 Å². The van der Waals surface area contributed by atoms with Gasteiger partial charge in [-0.25, -0.2) is 0 Å². The molecule has 2 rings (SSSR count). The molecule has 0 aliphatic heterocycles. The summed E-state index contributed by atoms with van der Waals surface area (Å²) in [6, 6.07) is 11.1. The van der Waals surface area contributed by atoms with Crippen LogP contribution in [0.2, 0.25) is 0 Å². The summed E-state index contributed by atoms with van der Waals surface area (Å²) in [5, 5.41) is 3.59. The summed E-state index contributed by atoms with van der Waals surface area (Å²) in [6.45, 7) is 11.8. The van der Waals surface area contributed by atoms with Gasteiger partial charge in [0.15, 0.2) is 0 Å². The SMILES string of the molecule is CCNCC1CCC(C(C)(C)C)CC1Cc1ccccc1. The van der Waals surface area contributed by atoms with Gasteiger partial charge in [0.05, 0.1) is 0 Å². The Kier molecular flexibility index (Phi) is 5.87. The smallest absolute Gasteiger partial charge is 0.00179 e. The highest BCUT2D eigenvalue weighted by Crippen LogP contribution is 2.43. The fraction of sp³-hybridized carbons (Fsp3) is 0.700. The molecule has 3 unspecified atom stereocenters. The molecule has 0 bridgehead atoms. The predicted octanol–water partition coefficient (Wildman–Crippen LogP) is 4.92. The lowest BCUT2D eigenvalue weighted by Gasteiger charge is -2.42. The molecule has 1 heteroatoms. The molecule has 1 N–H and O–H groups in total. The van der Waals surface area contributed by atoms with Crippen molar-refractivity contribution in [2.45, 2.75) is 53.4 Å². The molecule has 1 nitrogen and oxygen atoms in total. The molecule has 118 valence electrons. The standard InChI is InChI=1S/C20H33N/c1-5-21-15-17-11-12-19(20(2,3)4)14-18(17)13-16-9-7-6-8-10-16/h6-10,17-19,21H,5,11-15H2,1-4H3. The number of nitrogens with one attached hydrogen (secondary N) is 1. The lowest BCUT2D eigenvalue weighted by molar-refractivity contribution is 0.0974. The van der Waals surface area contributed by atoms with Crippen LogP contribution in [0.4, 0.5) is 0 Å². The summed E-state index contributed by atoms with van der Waals surface area (Å²) in [7, 11) is 0. The third-order valence-corrected chi connectivity index (χ3v) is 5.36.